The second kappa shape index (κ2) is 11.3. The molecule has 0 spiro atoms. The topological polar surface area (TPSA) is 174 Å². The zero-order valence-corrected chi connectivity index (χ0v) is 22.7. The highest BCUT2D eigenvalue weighted by Gasteiger charge is 2.72. The van der Waals surface area contributed by atoms with E-state index in [0.717, 1.165) is 34.2 Å². The molecule has 4 aromatic carbocycles. The van der Waals surface area contributed by atoms with Crippen molar-refractivity contribution < 1.29 is 39.1 Å². The van der Waals surface area contributed by atoms with Crippen LogP contribution in [0.15, 0.2) is 97.1 Å². The highest BCUT2D eigenvalue weighted by molar-refractivity contribution is 6.10. The number of fused-ring (bicyclic) bond motifs is 4. The fraction of sp³-hybridized carbons (Fsp3) is 0.125. The maximum atomic E-state index is 11.1. The third-order valence-corrected chi connectivity index (χ3v) is 7.44. The smallest absolute Gasteiger partial charge is 0.318 e. The van der Waals surface area contributed by atoms with Gasteiger partial charge in [0.15, 0.2) is 11.4 Å². The van der Waals surface area contributed by atoms with Crippen LogP contribution in [0.1, 0.15) is 0 Å². The number of quaternary nitrogens is 1. The van der Waals surface area contributed by atoms with E-state index in [-0.39, 0.29) is 0 Å². The molecule has 7 rings (SSSR count). The summed E-state index contributed by atoms with van der Waals surface area (Å²) >= 11 is 0. The van der Waals surface area contributed by atoms with Gasteiger partial charge >= 0.3 is 23.9 Å². The maximum absolute atomic E-state index is 11.1. The molecule has 216 valence electrons. The first kappa shape index (κ1) is 27.5. The normalized spacial score (nSPS) is 21.3. The molecule has 0 radical (unpaired) electrons. The quantitative estimate of drug-likeness (QED) is 0.148. The number of benzene rings is 4. The molecule has 0 unspecified atom stereocenters. The Morgan fingerprint density at radius 2 is 1.00 bits per heavy atom. The van der Waals surface area contributed by atoms with Crippen LogP contribution in [0, 0.1) is 23.7 Å². The number of cyclic esters (lactones) is 4. The van der Waals surface area contributed by atoms with Crippen LogP contribution in [-0.4, -0.2) is 23.9 Å². The summed E-state index contributed by atoms with van der Waals surface area (Å²) < 4.78 is 14.6. The van der Waals surface area contributed by atoms with Crippen molar-refractivity contribution in [3.05, 3.63) is 97.1 Å². The van der Waals surface area contributed by atoms with E-state index in [9.17, 15) is 19.2 Å². The van der Waals surface area contributed by atoms with E-state index in [1.54, 1.807) is 12.1 Å². The van der Waals surface area contributed by atoms with Gasteiger partial charge in [0.25, 0.3) is 0 Å². The zero-order chi connectivity index (χ0) is 30.1. The van der Waals surface area contributed by atoms with Gasteiger partial charge in [-0.3, -0.25) is 19.2 Å². The number of nitrogens with two attached hydrogens (primary N) is 1. The lowest BCUT2D eigenvalue weighted by Gasteiger charge is -2.33. The predicted molar refractivity (Wildman–Crippen MR) is 156 cm³/mol. The fourth-order valence-corrected chi connectivity index (χ4v) is 5.32. The Balaban J connectivity index is 0.000000195. The summed E-state index contributed by atoms with van der Waals surface area (Å²) in [6.07, 6.45) is 0. The van der Waals surface area contributed by atoms with Gasteiger partial charge in [0, 0.05) is 34.5 Å². The van der Waals surface area contributed by atoms with Crippen LogP contribution < -0.4 is 26.8 Å². The second-order valence-electron chi connectivity index (χ2n) is 10.3. The summed E-state index contributed by atoms with van der Waals surface area (Å²) in [6, 6.07) is 31.5. The maximum Gasteiger partial charge on any atom is 0.318 e. The lowest BCUT2D eigenvalue weighted by atomic mass is 9.59. The molecule has 2 aliphatic heterocycles. The van der Waals surface area contributed by atoms with Crippen molar-refractivity contribution in [1.82, 2.24) is 0 Å². The third-order valence-electron chi connectivity index (χ3n) is 7.44. The van der Waals surface area contributed by atoms with Gasteiger partial charge in [0.2, 0.25) is 0 Å². The minimum atomic E-state index is -0.786. The highest BCUT2D eigenvalue weighted by atomic mass is 16.6. The van der Waals surface area contributed by atoms with E-state index < -0.39 is 47.5 Å². The molecule has 0 aromatic heterocycles. The molecule has 0 amide bonds. The first-order chi connectivity index (χ1) is 20.8. The Labute approximate surface area is 245 Å². The van der Waals surface area contributed by atoms with Gasteiger partial charge in [0.05, 0.1) is 23.7 Å². The molecule has 0 atom stereocenters. The largest absolute Gasteiger partial charge is 0.451 e. The van der Waals surface area contributed by atoms with Gasteiger partial charge in [0.1, 0.15) is 5.75 Å². The second-order valence-corrected chi connectivity index (χ2v) is 10.3. The lowest BCUT2D eigenvalue weighted by Crippen LogP contribution is -2.50. The lowest BCUT2D eigenvalue weighted by molar-refractivity contribution is -0.256. The van der Waals surface area contributed by atoms with Crippen molar-refractivity contribution in [3.8, 4) is 11.5 Å². The summed E-state index contributed by atoms with van der Waals surface area (Å²) in [4.78, 5) is 44.3. The zero-order valence-electron chi connectivity index (χ0n) is 22.7. The minimum Gasteiger partial charge on any atom is -0.451 e. The Bertz CT molecular complexity index is 1630. The van der Waals surface area contributed by atoms with Crippen LogP contribution in [0.25, 0.3) is 0 Å². The summed E-state index contributed by atoms with van der Waals surface area (Å²) in [5, 5.41) is 6.77. The molecule has 3 fully saturated rings. The van der Waals surface area contributed by atoms with Crippen molar-refractivity contribution >= 4 is 58.0 Å². The molecule has 2 saturated heterocycles. The van der Waals surface area contributed by atoms with E-state index in [4.69, 9.17) is 10.5 Å². The van der Waals surface area contributed by atoms with E-state index in [0.29, 0.717) is 11.4 Å². The van der Waals surface area contributed by atoms with Crippen molar-refractivity contribution in [2.45, 2.75) is 0 Å². The molecular weight excluding hydrogens is 552 g/mol. The first-order valence-electron chi connectivity index (χ1n) is 13.5. The van der Waals surface area contributed by atoms with Crippen molar-refractivity contribution in [2.24, 2.45) is 23.7 Å². The van der Waals surface area contributed by atoms with E-state index >= 15 is 0 Å². The number of esters is 4. The Morgan fingerprint density at radius 1 is 0.581 bits per heavy atom. The van der Waals surface area contributed by atoms with Crippen LogP contribution in [0.2, 0.25) is 0 Å². The highest BCUT2D eigenvalue weighted by Crippen LogP contribution is 2.54. The number of nitrogens with one attached hydrogen (secondary N) is 2. The van der Waals surface area contributed by atoms with E-state index in [2.05, 4.69) is 25.8 Å². The average molecular weight is 580 g/mol. The summed E-state index contributed by atoms with van der Waals surface area (Å²) in [6.45, 7) is 0. The van der Waals surface area contributed by atoms with Crippen LogP contribution in [0.4, 0.5) is 34.1 Å². The van der Waals surface area contributed by atoms with Gasteiger partial charge in [-0.05, 0) is 72.8 Å². The average Bonchev–Trinajstić information content (AvgIpc) is 3.34. The molecule has 7 N–H and O–H groups in total. The molecule has 4 aromatic rings. The molecule has 11 heteroatoms. The van der Waals surface area contributed by atoms with Crippen molar-refractivity contribution in [2.75, 3.05) is 16.4 Å². The molecule has 0 bridgehead atoms. The van der Waals surface area contributed by atoms with Gasteiger partial charge in [-0.25, -0.2) is 0 Å². The summed E-state index contributed by atoms with van der Waals surface area (Å²) in [7, 11) is 0. The molecule has 43 heavy (non-hydrogen) atoms. The molecule has 2 heterocycles. The number of para-hydroxylation sites is 1. The van der Waals surface area contributed by atoms with Crippen LogP contribution in [0.3, 0.4) is 0 Å². The standard InChI is InChI=1S/C24H22N4O.C8H4O6/c25-17-6-15-24(23(26)16-17)29-22-13-11-21(12-14-22)28-20-9-7-19(8-10-20)27-18-4-2-1-3-5-18;9-5-1-2(6(10)13-5)4-3(1)7(11)14-8(4)12/h1-16,27-28H,25-26H2;1-4H/p+1. The van der Waals surface area contributed by atoms with Gasteiger partial charge in [-0.15, -0.1) is 0 Å². The molecule has 1 aliphatic carbocycles. The Hall–Kier alpha value is -5.68. The minimum absolute atomic E-state index is 0.673. The monoisotopic (exact) mass is 579 g/mol. The van der Waals surface area contributed by atoms with Crippen LogP contribution >= 0.6 is 0 Å². The van der Waals surface area contributed by atoms with Gasteiger partial charge in [-0.1, -0.05) is 18.2 Å². The summed E-state index contributed by atoms with van der Waals surface area (Å²) in [5.41, 5.74) is 15.2. The number of anilines is 5. The van der Waals surface area contributed by atoms with Crippen molar-refractivity contribution in [1.29, 1.82) is 0 Å². The van der Waals surface area contributed by atoms with Gasteiger partial charge < -0.3 is 36.3 Å². The third kappa shape index (κ3) is 5.61. The Kier molecular flexibility index (Phi) is 7.22. The Morgan fingerprint density at radius 3 is 1.44 bits per heavy atom. The number of nitrogen functional groups attached to an aromatic ring is 1. The van der Waals surface area contributed by atoms with E-state index in [1.807, 2.05) is 84.9 Å². The fourth-order valence-electron chi connectivity index (χ4n) is 5.32. The first-order valence-corrected chi connectivity index (χ1v) is 13.5. The van der Waals surface area contributed by atoms with Crippen LogP contribution in [-0.2, 0) is 28.7 Å². The number of hydrogen-bond acceptors (Lipinski definition) is 10. The van der Waals surface area contributed by atoms with E-state index in [1.165, 1.54) is 0 Å². The molecule has 11 nitrogen and oxygen atoms in total. The van der Waals surface area contributed by atoms with Crippen LogP contribution in [0.5, 0.6) is 11.5 Å². The molecule has 1 saturated carbocycles. The SMILES string of the molecule is Nc1ccc(Oc2ccc(Nc3ccc(Nc4ccccc4)cc3)cc2)c([NH3+])c1.O=C1OC(=O)C2C1C1C(=O)OC(=O)C21. The van der Waals surface area contributed by atoms with Crippen molar-refractivity contribution in [3.63, 3.8) is 0 Å². The number of ether oxygens (including phenoxy) is 3. The number of hydrogen-bond donors (Lipinski definition) is 4. The number of carbonyl (C=O) groups is 4. The van der Waals surface area contributed by atoms with Gasteiger partial charge in [-0.2, -0.15) is 0 Å². The summed E-state index contributed by atoms with van der Waals surface area (Å²) in [5.74, 6) is -4.56. The number of rotatable bonds is 6. The molecular formula is C32H27N4O7+. The molecule has 3 aliphatic rings. The number of carbonyl (C=O) groups excluding carboxylic acids is 4. The predicted octanol–water partition coefficient (Wildman–Crippen LogP) is 4.05.